The highest BCUT2D eigenvalue weighted by Gasteiger charge is 2.42. The van der Waals surface area contributed by atoms with Gasteiger partial charge in [0.05, 0.1) is 18.9 Å². The number of nitrogens with zero attached hydrogens (tertiary/aromatic N) is 2. The van der Waals surface area contributed by atoms with E-state index in [1.54, 1.807) is 29.2 Å². The molecule has 0 radical (unpaired) electrons. The normalized spacial score (nSPS) is 22.3. The predicted octanol–water partition coefficient (Wildman–Crippen LogP) is 1.50. The molecule has 2 fully saturated rings. The largest absolute Gasteiger partial charge is 0.378 e. The number of carbonyl (C=O) groups excluding carboxylic acids is 3. The molecule has 0 aliphatic carbocycles. The third kappa shape index (κ3) is 3.00. The number of amides is 3. The molecule has 1 atom stereocenters. The second-order valence-electron chi connectivity index (χ2n) is 5.08. The van der Waals surface area contributed by atoms with Crippen LogP contribution in [0.15, 0.2) is 30.3 Å². The van der Waals surface area contributed by atoms with E-state index in [9.17, 15) is 14.4 Å². The van der Waals surface area contributed by atoms with Crippen molar-refractivity contribution in [2.75, 3.05) is 31.2 Å². The number of ether oxygens (including phenoxy) is 1. The van der Waals surface area contributed by atoms with Crippen molar-refractivity contribution >= 4 is 34.5 Å². The number of thioether (sulfide) groups is 1. The molecule has 116 valence electrons. The maximum absolute atomic E-state index is 12.4. The fraction of sp³-hybridized carbons (Fsp3) is 0.400. The highest BCUT2D eigenvalue weighted by Crippen LogP contribution is 2.33. The Kier molecular flexibility index (Phi) is 4.44. The summed E-state index contributed by atoms with van der Waals surface area (Å²) < 4.78 is 5.20. The van der Waals surface area contributed by atoms with E-state index in [4.69, 9.17) is 4.74 Å². The first-order valence-electron chi connectivity index (χ1n) is 7.12. The quantitative estimate of drug-likeness (QED) is 0.844. The monoisotopic (exact) mass is 320 g/mol. The van der Waals surface area contributed by atoms with Crippen LogP contribution in [0, 0.1) is 0 Å². The summed E-state index contributed by atoms with van der Waals surface area (Å²) >= 11 is 0.928. The van der Waals surface area contributed by atoms with Crippen molar-refractivity contribution in [3.05, 3.63) is 30.3 Å². The van der Waals surface area contributed by atoms with Crippen LogP contribution >= 0.6 is 11.8 Å². The predicted molar refractivity (Wildman–Crippen MR) is 82.7 cm³/mol. The van der Waals surface area contributed by atoms with Gasteiger partial charge in [-0.2, -0.15) is 0 Å². The van der Waals surface area contributed by atoms with Crippen LogP contribution in [0.4, 0.5) is 10.5 Å². The third-order valence-corrected chi connectivity index (χ3v) is 4.70. The van der Waals surface area contributed by atoms with Crippen molar-refractivity contribution in [3.8, 4) is 0 Å². The van der Waals surface area contributed by atoms with Crippen LogP contribution < -0.4 is 4.90 Å². The van der Waals surface area contributed by atoms with Gasteiger partial charge >= 0.3 is 0 Å². The van der Waals surface area contributed by atoms with Crippen LogP contribution in [0.2, 0.25) is 0 Å². The number of para-hydroxylation sites is 1. The Hall–Kier alpha value is -1.86. The summed E-state index contributed by atoms with van der Waals surface area (Å²) in [5.74, 6) is -0.417. The lowest BCUT2D eigenvalue weighted by atomic mass is 10.2. The second kappa shape index (κ2) is 6.50. The smallest absolute Gasteiger partial charge is 0.293 e. The summed E-state index contributed by atoms with van der Waals surface area (Å²) in [7, 11) is 0. The summed E-state index contributed by atoms with van der Waals surface area (Å²) in [6, 6.07) is 8.78. The summed E-state index contributed by atoms with van der Waals surface area (Å²) in [5, 5.41) is -0.959. The SMILES string of the molecule is O=C(C[C@@H]1SC(=O)N(c2ccccc2)C1=O)N1CCOCC1. The maximum atomic E-state index is 12.4. The minimum Gasteiger partial charge on any atom is -0.378 e. The molecule has 0 saturated carbocycles. The van der Waals surface area contributed by atoms with E-state index in [0.717, 1.165) is 16.7 Å². The second-order valence-corrected chi connectivity index (χ2v) is 6.23. The van der Waals surface area contributed by atoms with E-state index in [2.05, 4.69) is 0 Å². The number of morpholine rings is 1. The van der Waals surface area contributed by atoms with Crippen LogP contribution in [0.3, 0.4) is 0 Å². The fourth-order valence-electron chi connectivity index (χ4n) is 2.50. The molecule has 2 aliphatic rings. The molecule has 6 nitrogen and oxygen atoms in total. The Morgan fingerprint density at radius 3 is 2.55 bits per heavy atom. The summed E-state index contributed by atoms with van der Waals surface area (Å²) in [5.41, 5.74) is 0.548. The number of hydrogen-bond acceptors (Lipinski definition) is 5. The van der Waals surface area contributed by atoms with Crippen molar-refractivity contribution in [1.29, 1.82) is 0 Å². The molecule has 1 aromatic carbocycles. The van der Waals surface area contributed by atoms with Gasteiger partial charge in [0.1, 0.15) is 5.25 Å². The average molecular weight is 320 g/mol. The van der Waals surface area contributed by atoms with Gasteiger partial charge in [-0.3, -0.25) is 14.4 Å². The molecule has 0 bridgehead atoms. The van der Waals surface area contributed by atoms with E-state index in [0.29, 0.717) is 32.0 Å². The van der Waals surface area contributed by atoms with Crippen molar-refractivity contribution in [2.45, 2.75) is 11.7 Å². The lowest BCUT2D eigenvalue weighted by Gasteiger charge is -2.27. The van der Waals surface area contributed by atoms with E-state index >= 15 is 0 Å². The molecular formula is C15H16N2O4S. The Bertz CT molecular complexity index is 586. The number of carbonyl (C=O) groups is 3. The molecule has 1 aromatic rings. The molecule has 0 spiro atoms. The summed E-state index contributed by atoms with van der Waals surface area (Å²) in [4.78, 5) is 39.6. The van der Waals surface area contributed by atoms with E-state index in [1.807, 2.05) is 6.07 Å². The molecule has 0 N–H and O–H groups in total. The average Bonchev–Trinajstić information content (AvgIpc) is 2.83. The Morgan fingerprint density at radius 2 is 1.86 bits per heavy atom. The molecule has 22 heavy (non-hydrogen) atoms. The van der Waals surface area contributed by atoms with Crippen LogP contribution in [0.5, 0.6) is 0 Å². The minimum absolute atomic E-state index is 0.0541. The molecule has 7 heteroatoms. The van der Waals surface area contributed by atoms with Gasteiger partial charge in [0.2, 0.25) is 11.8 Å². The number of benzene rings is 1. The van der Waals surface area contributed by atoms with E-state index in [-0.39, 0.29) is 23.5 Å². The molecule has 2 heterocycles. The summed E-state index contributed by atoms with van der Waals surface area (Å²) in [6.45, 7) is 2.13. The first kappa shape index (κ1) is 15.1. The number of hydrogen-bond donors (Lipinski definition) is 0. The Balaban J connectivity index is 1.67. The minimum atomic E-state index is -0.636. The molecule has 3 amide bonds. The molecule has 0 unspecified atom stereocenters. The zero-order valence-electron chi connectivity index (χ0n) is 11.9. The van der Waals surface area contributed by atoms with Crippen molar-refractivity contribution in [3.63, 3.8) is 0 Å². The van der Waals surface area contributed by atoms with Crippen molar-refractivity contribution in [1.82, 2.24) is 4.90 Å². The lowest BCUT2D eigenvalue weighted by molar-refractivity contribution is -0.136. The van der Waals surface area contributed by atoms with Gasteiger partial charge in [0, 0.05) is 19.5 Å². The van der Waals surface area contributed by atoms with Gasteiger partial charge in [0.25, 0.3) is 5.24 Å². The van der Waals surface area contributed by atoms with Crippen molar-refractivity contribution < 1.29 is 19.1 Å². The van der Waals surface area contributed by atoms with Crippen molar-refractivity contribution in [2.24, 2.45) is 0 Å². The van der Waals surface area contributed by atoms with Gasteiger partial charge in [-0.25, -0.2) is 4.90 Å². The fourth-order valence-corrected chi connectivity index (χ4v) is 3.47. The molecule has 0 aromatic heterocycles. The number of rotatable bonds is 3. The van der Waals surface area contributed by atoms with Crippen LogP contribution in [0.25, 0.3) is 0 Å². The molecule has 2 aliphatic heterocycles. The van der Waals surface area contributed by atoms with Gasteiger partial charge in [-0.1, -0.05) is 18.2 Å². The van der Waals surface area contributed by atoms with Crippen LogP contribution in [-0.4, -0.2) is 53.5 Å². The van der Waals surface area contributed by atoms with Crippen LogP contribution in [0.1, 0.15) is 6.42 Å². The number of imide groups is 1. The standard InChI is InChI=1S/C15H16N2O4S/c18-13(16-6-8-21-9-7-16)10-12-14(19)17(15(20)22-12)11-4-2-1-3-5-11/h1-5,12H,6-10H2/t12-/m0/s1. The summed E-state index contributed by atoms with van der Waals surface area (Å²) in [6.07, 6.45) is 0.0541. The van der Waals surface area contributed by atoms with Crippen LogP contribution in [-0.2, 0) is 14.3 Å². The maximum Gasteiger partial charge on any atom is 0.293 e. The van der Waals surface area contributed by atoms with Gasteiger partial charge < -0.3 is 9.64 Å². The molecular weight excluding hydrogens is 304 g/mol. The molecule has 2 saturated heterocycles. The number of anilines is 1. The first-order chi connectivity index (χ1) is 10.7. The topological polar surface area (TPSA) is 66.9 Å². The van der Waals surface area contributed by atoms with Gasteiger partial charge in [-0.05, 0) is 23.9 Å². The highest BCUT2D eigenvalue weighted by molar-refractivity contribution is 8.15. The Morgan fingerprint density at radius 1 is 1.18 bits per heavy atom. The van der Waals surface area contributed by atoms with E-state index in [1.165, 1.54) is 0 Å². The highest BCUT2D eigenvalue weighted by atomic mass is 32.2. The third-order valence-electron chi connectivity index (χ3n) is 3.66. The van der Waals surface area contributed by atoms with Gasteiger partial charge in [0.15, 0.2) is 0 Å². The van der Waals surface area contributed by atoms with Gasteiger partial charge in [-0.15, -0.1) is 0 Å². The molecule has 3 rings (SSSR count). The lowest BCUT2D eigenvalue weighted by Crippen LogP contribution is -2.42. The first-order valence-corrected chi connectivity index (χ1v) is 8.00. The Labute approximate surface area is 132 Å². The van der Waals surface area contributed by atoms with E-state index < -0.39 is 5.25 Å². The zero-order valence-corrected chi connectivity index (χ0v) is 12.8. The zero-order chi connectivity index (χ0) is 15.5.